The van der Waals surface area contributed by atoms with Crippen LogP contribution in [0.2, 0.25) is 0 Å². The number of alkyl halides is 2. The smallest absolute Gasteiger partial charge is 0.265 e. The van der Waals surface area contributed by atoms with Gasteiger partial charge in [0.05, 0.1) is 6.54 Å². The van der Waals surface area contributed by atoms with Crippen LogP contribution in [-0.2, 0) is 0 Å². The van der Waals surface area contributed by atoms with E-state index in [1.807, 2.05) is 25.7 Å². The summed E-state index contributed by atoms with van der Waals surface area (Å²) in [5.74, 6) is -2.54. The molecule has 0 spiro atoms. The standard InChI is InChI=1S/C14H19F2N/c1-10-7-11(2)13(12(3)8-10)17-6-4-5-14(15,16)9-17/h7-8H,4-6,9H2,1-3H3. The summed E-state index contributed by atoms with van der Waals surface area (Å²) < 4.78 is 26.9. The first-order valence-corrected chi connectivity index (χ1v) is 6.10. The van der Waals surface area contributed by atoms with Crippen molar-refractivity contribution in [1.29, 1.82) is 0 Å². The highest BCUT2D eigenvalue weighted by Gasteiger charge is 2.35. The van der Waals surface area contributed by atoms with E-state index < -0.39 is 5.92 Å². The Labute approximate surface area is 101 Å². The Hall–Kier alpha value is -1.12. The van der Waals surface area contributed by atoms with E-state index in [4.69, 9.17) is 0 Å². The van der Waals surface area contributed by atoms with Crippen LogP contribution in [0.4, 0.5) is 14.5 Å². The van der Waals surface area contributed by atoms with Gasteiger partial charge < -0.3 is 4.90 Å². The molecule has 0 aliphatic carbocycles. The monoisotopic (exact) mass is 239 g/mol. The fourth-order valence-electron chi connectivity index (χ4n) is 2.83. The van der Waals surface area contributed by atoms with Crippen LogP contribution in [0.3, 0.4) is 0 Å². The molecule has 1 aliphatic rings. The van der Waals surface area contributed by atoms with Gasteiger partial charge in [0.15, 0.2) is 0 Å². The highest BCUT2D eigenvalue weighted by molar-refractivity contribution is 5.60. The molecule has 0 radical (unpaired) electrons. The highest BCUT2D eigenvalue weighted by Crippen LogP contribution is 2.33. The van der Waals surface area contributed by atoms with Crippen molar-refractivity contribution in [3.63, 3.8) is 0 Å². The number of halogens is 2. The van der Waals surface area contributed by atoms with Crippen molar-refractivity contribution in [2.75, 3.05) is 18.0 Å². The van der Waals surface area contributed by atoms with Crippen molar-refractivity contribution in [3.8, 4) is 0 Å². The average molecular weight is 239 g/mol. The molecule has 1 aromatic carbocycles. The van der Waals surface area contributed by atoms with E-state index in [0.29, 0.717) is 6.42 Å². The molecule has 1 aliphatic heterocycles. The van der Waals surface area contributed by atoms with E-state index in [1.165, 1.54) is 5.56 Å². The summed E-state index contributed by atoms with van der Waals surface area (Å²) in [5.41, 5.74) is 4.38. The normalized spacial score (nSPS) is 19.5. The molecule has 17 heavy (non-hydrogen) atoms. The van der Waals surface area contributed by atoms with Crippen LogP contribution in [0.25, 0.3) is 0 Å². The van der Waals surface area contributed by atoms with Gasteiger partial charge >= 0.3 is 0 Å². The molecule has 1 nitrogen and oxygen atoms in total. The number of rotatable bonds is 1. The topological polar surface area (TPSA) is 3.24 Å². The van der Waals surface area contributed by atoms with Crippen LogP contribution in [0.5, 0.6) is 0 Å². The molecule has 3 heteroatoms. The molecule has 94 valence electrons. The molecule has 0 N–H and O–H groups in total. The molecule has 0 atom stereocenters. The van der Waals surface area contributed by atoms with Crippen molar-refractivity contribution < 1.29 is 8.78 Å². The number of aryl methyl sites for hydroxylation is 3. The van der Waals surface area contributed by atoms with Crippen LogP contribution in [0, 0.1) is 20.8 Å². The Morgan fingerprint density at radius 2 is 1.71 bits per heavy atom. The lowest BCUT2D eigenvalue weighted by Crippen LogP contribution is -2.43. The summed E-state index contributed by atoms with van der Waals surface area (Å²) in [5, 5.41) is 0. The Morgan fingerprint density at radius 1 is 1.12 bits per heavy atom. The van der Waals surface area contributed by atoms with Crippen LogP contribution in [0.15, 0.2) is 12.1 Å². The van der Waals surface area contributed by atoms with E-state index in [2.05, 4.69) is 12.1 Å². The largest absolute Gasteiger partial charge is 0.365 e. The van der Waals surface area contributed by atoms with Gasteiger partial charge in [0, 0.05) is 18.7 Å². The number of hydrogen-bond donors (Lipinski definition) is 0. The maximum Gasteiger partial charge on any atom is 0.265 e. The lowest BCUT2D eigenvalue weighted by molar-refractivity contribution is -0.0117. The first kappa shape index (κ1) is 12.3. The van der Waals surface area contributed by atoms with E-state index >= 15 is 0 Å². The fourth-order valence-corrected chi connectivity index (χ4v) is 2.83. The predicted octanol–water partition coefficient (Wildman–Crippen LogP) is 3.85. The Kier molecular flexibility index (Phi) is 3.11. The van der Waals surface area contributed by atoms with E-state index in [-0.39, 0.29) is 13.0 Å². The zero-order valence-corrected chi connectivity index (χ0v) is 10.7. The second-order valence-electron chi connectivity index (χ2n) is 5.13. The van der Waals surface area contributed by atoms with Crippen molar-refractivity contribution in [3.05, 3.63) is 28.8 Å². The van der Waals surface area contributed by atoms with Gasteiger partial charge in [-0.1, -0.05) is 17.7 Å². The number of piperidine rings is 1. The van der Waals surface area contributed by atoms with Crippen molar-refractivity contribution in [2.24, 2.45) is 0 Å². The van der Waals surface area contributed by atoms with Gasteiger partial charge in [0.25, 0.3) is 5.92 Å². The minimum Gasteiger partial charge on any atom is -0.365 e. The molecule has 1 aromatic rings. The first-order valence-electron chi connectivity index (χ1n) is 6.10. The van der Waals surface area contributed by atoms with Crippen molar-refractivity contribution in [2.45, 2.75) is 39.5 Å². The third-order valence-corrected chi connectivity index (χ3v) is 3.34. The minimum absolute atomic E-state index is 0.0213. The van der Waals surface area contributed by atoms with Crippen molar-refractivity contribution in [1.82, 2.24) is 0 Å². The van der Waals surface area contributed by atoms with Gasteiger partial charge in [-0.3, -0.25) is 0 Å². The quantitative estimate of drug-likeness (QED) is 0.719. The third-order valence-electron chi connectivity index (χ3n) is 3.34. The van der Waals surface area contributed by atoms with Gasteiger partial charge in [-0.15, -0.1) is 0 Å². The van der Waals surface area contributed by atoms with Gasteiger partial charge in [0.2, 0.25) is 0 Å². The highest BCUT2D eigenvalue weighted by atomic mass is 19.3. The van der Waals surface area contributed by atoms with Gasteiger partial charge in [0.1, 0.15) is 0 Å². The summed E-state index contributed by atoms with van der Waals surface area (Å²) in [6.07, 6.45) is 0.590. The maximum atomic E-state index is 13.4. The molecule has 1 saturated heterocycles. The molecule has 0 amide bonds. The molecular formula is C14H19F2N. The van der Waals surface area contributed by atoms with Crippen LogP contribution in [-0.4, -0.2) is 19.0 Å². The third kappa shape index (κ3) is 2.59. The summed E-state index contributed by atoms with van der Waals surface area (Å²) in [7, 11) is 0. The lowest BCUT2D eigenvalue weighted by Gasteiger charge is -2.36. The number of anilines is 1. The molecule has 1 fully saturated rings. The summed E-state index contributed by atoms with van der Waals surface area (Å²) in [4.78, 5) is 1.84. The average Bonchev–Trinajstić information content (AvgIpc) is 2.13. The van der Waals surface area contributed by atoms with Crippen LogP contribution < -0.4 is 4.90 Å². The Balaban J connectivity index is 2.34. The fraction of sp³-hybridized carbons (Fsp3) is 0.571. The maximum absolute atomic E-state index is 13.4. The number of benzene rings is 1. The number of hydrogen-bond acceptors (Lipinski definition) is 1. The molecular weight excluding hydrogens is 220 g/mol. The summed E-state index contributed by atoms with van der Waals surface area (Å²) in [6, 6.07) is 4.13. The predicted molar refractivity (Wildman–Crippen MR) is 67.0 cm³/mol. The second kappa shape index (κ2) is 4.28. The van der Waals surface area contributed by atoms with Gasteiger partial charge in [-0.05, 0) is 38.3 Å². The molecule has 1 heterocycles. The van der Waals surface area contributed by atoms with Crippen LogP contribution in [0.1, 0.15) is 29.5 Å². The van der Waals surface area contributed by atoms with Crippen LogP contribution >= 0.6 is 0 Å². The summed E-state index contributed by atoms with van der Waals surface area (Å²) >= 11 is 0. The Morgan fingerprint density at radius 3 is 2.24 bits per heavy atom. The minimum atomic E-state index is -2.54. The molecule has 0 unspecified atom stereocenters. The van der Waals surface area contributed by atoms with E-state index in [9.17, 15) is 8.78 Å². The second-order valence-corrected chi connectivity index (χ2v) is 5.13. The lowest BCUT2D eigenvalue weighted by atomic mass is 10.0. The van der Waals surface area contributed by atoms with E-state index in [1.54, 1.807) is 0 Å². The molecule has 0 aromatic heterocycles. The van der Waals surface area contributed by atoms with E-state index in [0.717, 1.165) is 23.4 Å². The SMILES string of the molecule is Cc1cc(C)c(N2CCCC(F)(F)C2)c(C)c1. The van der Waals surface area contributed by atoms with Crippen molar-refractivity contribution >= 4 is 5.69 Å². The zero-order valence-electron chi connectivity index (χ0n) is 10.7. The zero-order chi connectivity index (χ0) is 12.6. The molecule has 0 saturated carbocycles. The van der Waals surface area contributed by atoms with Gasteiger partial charge in [-0.2, -0.15) is 0 Å². The molecule has 0 bridgehead atoms. The first-order chi connectivity index (χ1) is 7.89. The number of nitrogens with zero attached hydrogens (tertiary/aromatic N) is 1. The summed E-state index contributed by atoms with van der Waals surface area (Å²) in [6.45, 7) is 6.64. The Bertz CT molecular complexity index is 403. The van der Waals surface area contributed by atoms with Gasteiger partial charge in [-0.25, -0.2) is 8.78 Å². The molecule has 2 rings (SSSR count).